The van der Waals surface area contributed by atoms with Crippen LogP contribution in [0.25, 0.3) is 10.9 Å². The van der Waals surface area contributed by atoms with E-state index in [0.717, 1.165) is 47.8 Å². The maximum atomic E-state index is 13.1. The predicted octanol–water partition coefficient (Wildman–Crippen LogP) is 3.17. The summed E-state index contributed by atoms with van der Waals surface area (Å²) in [5, 5.41) is 10.2. The van der Waals surface area contributed by atoms with Crippen LogP contribution < -0.4 is 5.48 Å². The molecule has 33 heavy (non-hydrogen) atoms. The Hall–Kier alpha value is -2.07. The van der Waals surface area contributed by atoms with Gasteiger partial charge in [0.25, 0.3) is 0 Å². The summed E-state index contributed by atoms with van der Waals surface area (Å²) in [6.07, 6.45) is 4.85. The number of hydroxylamine groups is 1. The van der Waals surface area contributed by atoms with Crippen molar-refractivity contribution in [1.82, 2.24) is 14.8 Å². The van der Waals surface area contributed by atoms with E-state index in [1.54, 1.807) is 5.48 Å². The number of piperidine rings is 1. The molecule has 1 amide bonds. The zero-order valence-electron chi connectivity index (χ0n) is 19.1. The highest BCUT2D eigenvalue weighted by atomic mass is 32.2. The second kappa shape index (κ2) is 10.5. The number of pyridine rings is 1. The fourth-order valence-corrected chi connectivity index (χ4v) is 7.06. The fourth-order valence-electron chi connectivity index (χ4n) is 5.20. The maximum Gasteiger partial charge on any atom is 0.247 e. The van der Waals surface area contributed by atoms with Crippen molar-refractivity contribution >= 4 is 26.8 Å². The van der Waals surface area contributed by atoms with Crippen molar-refractivity contribution < 1.29 is 23.2 Å². The average molecular weight is 476 g/mol. The van der Waals surface area contributed by atoms with Crippen molar-refractivity contribution in [3.8, 4) is 0 Å². The first kappa shape index (κ1) is 24.1. The Bertz CT molecular complexity index is 1080. The summed E-state index contributed by atoms with van der Waals surface area (Å²) < 4.78 is 33.8. The molecule has 1 saturated heterocycles. The van der Waals surface area contributed by atoms with Gasteiger partial charge in [-0.25, -0.2) is 18.2 Å². The third-order valence-corrected chi connectivity index (χ3v) is 8.94. The Kier molecular flexibility index (Phi) is 7.63. The van der Waals surface area contributed by atoms with Gasteiger partial charge in [0.15, 0.2) is 0 Å². The molecule has 2 fully saturated rings. The number of hydrogen-bond acceptors (Lipinski definition) is 6. The molecule has 2 heterocycles. The second-order valence-electron chi connectivity index (χ2n) is 9.25. The van der Waals surface area contributed by atoms with Crippen LogP contribution >= 0.6 is 0 Å². The summed E-state index contributed by atoms with van der Waals surface area (Å²) >= 11 is 0. The number of carbonyl (C=O) groups is 1. The van der Waals surface area contributed by atoms with E-state index >= 15 is 0 Å². The van der Waals surface area contributed by atoms with Crippen LogP contribution in [0.3, 0.4) is 0 Å². The van der Waals surface area contributed by atoms with E-state index in [4.69, 9.17) is 9.94 Å². The number of rotatable bonds is 8. The number of amides is 1. The van der Waals surface area contributed by atoms with Gasteiger partial charge in [0.05, 0.1) is 29.9 Å². The first-order chi connectivity index (χ1) is 15.9. The standard InChI is InChI=1S/C24H33N3O5S/c1-17-14-19(21-8-4-5-9-23(21)25-17)15-32-20-10-12-27(13-11-20)33(30,31)16-22(24(28)26-29)18-6-2-3-7-18/h4-5,8-9,14,18,20,22,29H,2-3,6-7,10-13,15-16H2,1H3,(H,26,28)/t22-/m1/s1. The Labute approximate surface area is 195 Å². The van der Waals surface area contributed by atoms with Crippen LogP contribution in [0, 0.1) is 18.8 Å². The lowest BCUT2D eigenvalue weighted by Gasteiger charge is -2.32. The van der Waals surface area contributed by atoms with Gasteiger partial charge in [-0.3, -0.25) is 15.0 Å². The van der Waals surface area contributed by atoms with Gasteiger partial charge in [0.1, 0.15) is 0 Å². The molecule has 2 aromatic rings. The number of hydrogen-bond donors (Lipinski definition) is 2. The van der Waals surface area contributed by atoms with Crippen molar-refractivity contribution in [2.24, 2.45) is 11.8 Å². The Morgan fingerprint density at radius 1 is 1.21 bits per heavy atom. The van der Waals surface area contributed by atoms with Gasteiger partial charge in [-0.15, -0.1) is 0 Å². The molecular weight excluding hydrogens is 442 g/mol. The molecule has 2 N–H and O–H groups in total. The summed E-state index contributed by atoms with van der Waals surface area (Å²) in [6.45, 7) is 3.18. The average Bonchev–Trinajstić information content (AvgIpc) is 3.35. The SMILES string of the molecule is Cc1cc(COC2CCN(S(=O)(=O)C[C@@H](C(=O)NO)C3CCCC3)CC2)c2ccccc2n1. The van der Waals surface area contributed by atoms with Gasteiger partial charge in [-0.05, 0) is 56.2 Å². The molecule has 0 radical (unpaired) electrons. The van der Waals surface area contributed by atoms with Crippen molar-refractivity contribution in [2.45, 2.75) is 58.2 Å². The first-order valence-corrected chi connectivity index (χ1v) is 13.4. The lowest BCUT2D eigenvalue weighted by Crippen LogP contribution is -2.45. The molecule has 0 unspecified atom stereocenters. The van der Waals surface area contributed by atoms with Crippen molar-refractivity contribution in [3.05, 3.63) is 41.6 Å². The minimum atomic E-state index is -3.60. The number of aromatic nitrogens is 1. The largest absolute Gasteiger partial charge is 0.373 e. The van der Waals surface area contributed by atoms with Crippen LogP contribution in [0.2, 0.25) is 0 Å². The lowest BCUT2D eigenvalue weighted by molar-refractivity contribution is -0.134. The second-order valence-corrected chi connectivity index (χ2v) is 11.3. The summed E-state index contributed by atoms with van der Waals surface area (Å²) in [5.74, 6) is -1.55. The monoisotopic (exact) mass is 475 g/mol. The Morgan fingerprint density at radius 3 is 2.61 bits per heavy atom. The topological polar surface area (TPSA) is 109 Å². The van der Waals surface area contributed by atoms with Gasteiger partial charge in [-0.1, -0.05) is 31.0 Å². The Morgan fingerprint density at radius 2 is 1.91 bits per heavy atom. The van der Waals surface area contributed by atoms with Crippen LogP contribution in [0.1, 0.15) is 49.8 Å². The van der Waals surface area contributed by atoms with Gasteiger partial charge in [0.2, 0.25) is 15.9 Å². The summed E-state index contributed by atoms with van der Waals surface area (Å²) in [4.78, 5) is 16.7. The molecule has 2 aliphatic rings. The molecule has 1 aliphatic heterocycles. The quantitative estimate of drug-likeness (QED) is 0.448. The molecule has 8 nitrogen and oxygen atoms in total. The fraction of sp³-hybridized carbons (Fsp3) is 0.583. The molecule has 4 rings (SSSR count). The number of ether oxygens (including phenoxy) is 1. The van der Waals surface area contributed by atoms with Gasteiger partial charge in [0, 0.05) is 24.2 Å². The van der Waals surface area contributed by atoms with E-state index in [0.29, 0.717) is 32.5 Å². The number of nitrogens with zero attached hydrogens (tertiary/aromatic N) is 2. The molecular formula is C24H33N3O5S. The van der Waals surface area contributed by atoms with Gasteiger partial charge >= 0.3 is 0 Å². The molecule has 0 spiro atoms. The van der Waals surface area contributed by atoms with Crippen molar-refractivity contribution in [3.63, 3.8) is 0 Å². The summed E-state index contributed by atoms with van der Waals surface area (Å²) in [6, 6.07) is 10.0. The highest BCUT2D eigenvalue weighted by Gasteiger charge is 2.37. The number of fused-ring (bicyclic) bond motifs is 1. The zero-order chi connectivity index (χ0) is 23.4. The summed E-state index contributed by atoms with van der Waals surface area (Å²) in [7, 11) is -3.60. The molecule has 1 aliphatic carbocycles. The van der Waals surface area contributed by atoms with E-state index in [1.807, 2.05) is 37.3 Å². The number of aryl methyl sites for hydroxylation is 1. The number of para-hydroxylation sites is 1. The summed E-state index contributed by atoms with van der Waals surface area (Å²) in [5.41, 5.74) is 4.65. The highest BCUT2D eigenvalue weighted by molar-refractivity contribution is 7.89. The minimum Gasteiger partial charge on any atom is -0.373 e. The minimum absolute atomic E-state index is 0.00596. The molecule has 1 aromatic heterocycles. The van der Waals surface area contributed by atoms with E-state index in [1.165, 1.54) is 4.31 Å². The molecule has 9 heteroatoms. The Balaban J connectivity index is 1.34. The van der Waals surface area contributed by atoms with E-state index in [9.17, 15) is 13.2 Å². The smallest absolute Gasteiger partial charge is 0.247 e. The molecule has 180 valence electrons. The number of nitrogens with one attached hydrogen (secondary N) is 1. The van der Waals surface area contributed by atoms with Crippen LogP contribution in [-0.4, -0.2) is 53.8 Å². The van der Waals surface area contributed by atoms with Crippen LogP contribution in [0.4, 0.5) is 0 Å². The highest BCUT2D eigenvalue weighted by Crippen LogP contribution is 2.33. The van der Waals surface area contributed by atoms with Crippen molar-refractivity contribution in [1.29, 1.82) is 0 Å². The van der Waals surface area contributed by atoms with Gasteiger partial charge < -0.3 is 4.74 Å². The normalized spacial score (nSPS) is 19.7. The first-order valence-electron chi connectivity index (χ1n) is 11.8. The van der Waals surface area contributed by atoms with Crippen LogP contribution in [0.5, 0.6) is 0 Å². The van der Waals surface area contributed by atoms with Crippen LogP contribution in [0.15, 0.2) is 30.3 Å². The maximum absolute atomic E-state index is 13.1. The number of sulfonamides is 1. The van der Waals surface area contributed by atoms with Gasteiger partial charge in [-0.2, -0.15) is 0 Å². The molecule has 1 saturated carbocycles. The lowest BCUT2D eigenvalue weighted by atomic mass is 9.92. The zero-order valence-corrected chi connectivity index (χ0v) is 19.9. The third kappa shape index (κ3) is 5.71. The van der Waals surface area contributed by atoms with Crippen LogP contribution in [-0.2, 0) is 26.2 Å². The van der Waals surface area contributed by atoms with E-state index < -0.39 is 21.8 Å². The number of benzene rings is 1. The number of carbonyl (C=O) groups excluding carboxylic acids is 1. The predicted molar refractivity (Wildman–Crippen MR) is 125 cm³/mol. The molecule has 1 atom stereocenters. The molecule has 1 aromatic carbocycles. The van der Waals surface area contributed by atoms with E-state index in [2.05, 4.69) is 4.98 Å². The third-order valence-electron chi connectivity index (χ3n) is 7.00. The molecule has 0 bridgehead atoms. The van der Waals surface area contributed by atoms with Crippen molar-refractivity contribution in [2.75, 3.05) is 18.8 Å². The van der Waals surface area contributed by atoms with E-state index in [-0.39, 0.29) is 17.8 Å².